The van der Waals surface area contributed by atoms with Crippen molar-refractivity contribution in [3.05, 3.63) is 27.1 Å². The summed E-state index contributed by atoms with van der Waals surface area (Å²) in [5, 5.41) is 18.7. The van der Waals surface area contributed by atoms with Crippen LogP contribution < -0.4 is 5.56 Å². The van der Waals surface area contributed by atoms with E-state index in [1.165, 1.54) is 0 Å². The smallest absolute Gasteiger partial charge is 0.287 e. The maximum Gasteiger partial charge on any atom is 0.287 e. The number of H-pyrrole nitrogens is 1. The SMILES string of the molecule is CC1(F)C(n2cc(F)c(=O)[nH]c2=S)OC(CO)[C@@H]1O. The fourth-order valence-corrected chi connectivity index (χ4v) is 2.24. The van der Waals surface area contributed by atoms with Crippen LogP contribution in [0.15, 0.2) is 11.0 Å². The summed E-state index contributed by atoms with van der Waals surface area (Å²) in [6.45, 7) is 0.444. The molecule has 6 nitrogen and oxygen atoms in total. The second-order valence-electron chi connectivity index (χ2n) is 4.45. The fourth-order valence-electron chi connectivity index (χ4n) is 2.00. The topological polar surface area (TPSA) is 87.5 Å². The van der Waals surface area contributed by atoms with Gasteiger partial charge in [0, 0.05) is 0 Å². The van der Waals surface area contributed by atoms with Gasteiger partial charge < -0.3 is 14.9 Å². The Bertz CT molecular complexity index is 600. The summed E-state index contributed by atoms with van der Waals surface area (Å²) in [6.07, 6.45) is -3.49. The number of nitrogens with zero attached hydrogens (tertiary/aromatic N) is 1. The van der Waals surface area contributed by atoms with Crippen molar-refractivity contribution < 1.29 is 23.7 Å². The molecule has 0 aromatic carbocycles. The molecule has 0 bridgehead atoms. The monoisotopic (exact) mass is 294 g/mol. The number of aliphatic hydroxyl groups excluding tert-OH is 2. The van der Waals surface area contributed by atoms with E-state index in [0.29, 0.717) is 6.20 Å². The Balaban J connectivity index is 2.51. The van der Waals surface area contributed by atoms with Crippen LogP contribution in [-0.4, -0.2) is 44.2 Å². The van der Waals surface area contributed by atoms with Gasteiger partial charge in [-0.2, -0.15) is 4.39 Å². The molecule has 0 aliphatic carbocycles. The standard InChI is InChI=1S/C10H12F2N2O4S/c1-10(12)6(16)5(3-15)18-8(10)14-2-4(11)7(17)13-9(14)19/h2,5-6,8,15-16H,3H2,1H3,(H,13,17,19)/t5?,6-,8?,10?/m0/s1. The van der Waals surface area contributed by atoms with E-state index in [-0.39, 0.29) is 4.77 Å². The summed E-state index contributed by atoms with van der Waals surface area (Å²) in [5.41, 5.74) is -3.32. The first-order valence-corrected chi connectivity index (χ1v) is 5.84. The molecule has 4 atom stereocenters. The van der Waals surface area contributed by atoms with Gasteiger partial charge in [-0.1, -0.05) is 0 Å². The van der Waals surface area contributed by atoms with Crippen molar-refractivity contribution >= 4 is 12.2 Å². The number of hydrogen-bond donors (Lipinski definition) is 3. The van der Waals surface area contributed by atoms with Gasteiger partial charge in [0.05, 0.1) is 12.8 Å². The zero-order valence-electron chi connectivity index (χ0n) is 9.84. The Labute approximate surface area is 111 Å². The van der Waals surface area contributed by atoms with Crippen LogP contribution in [-0.2, 0) is 4.74 Å². The van der Waals surface area contributed by atoms with Gasteiger partial charge in [0.15, 0.2) is 16.7 Å². The molecule has 2 heterocycles. The van der Waals surface area contributed by atoms with E-state index in [9.17, 15) is 18.7 Å². The van der Waals surface area contributed by atoms with Crippen molar-refractivity contribution in [3.8, 4) is 0 Å². The molecule has 2 rings (SSSR count). The average Bonchev–Trinajstić information content (AvgIpc) is 2.56. The number of aromatic amines is 1. The molecule has 9 heteroatoms. The molecule has 106 valence electrons. The quantitative estimate of drug-likeness (QED) is 0.670. The lowest BCUT2D eigenvalue weighted by atomic mass is 9.98. The van der Waals surface area contributed by atoms with E-state index >= 15 is 0 Å². The van der Waals surface area contributed by atoms with E-state index in [1.54, 1.807) is 0 Å². The maximum atomic E-state index is 14.4. The van der Waals surface area contributed by atoms with E-state index in [0.717, 1.165) is 11.5 Å². The Morgan fingerprint density at radius 3 is 2.84 bits per heavy atom. The highest BCUT2D eigenvalue weighted by Gasteiger charge is 2.54. The zero-order chi connectivity index (χ0) is 14.4. The number of rotatable bonds is 2. The maximum absolute atomic E-state index is 14.4. The minimum atomic E-state index is -2.30. The van der Waals surface area contributed by atoms with Crippen LogP contribution >= 0.6 is 12.2 Å². The third kappa shape index (κ3) is 2.22. The minimum absolute atomic E-state index is 0.244. The number of halogens is 2. The van der Waals surface area contributed by atoms with Gasteiger partial charge in [0.25, 0.3) is 5.56 Å². The number of alkyl halides is 1. The molecule has 3 unspecified atom stereocenters. The van der Waals surface area contributed by atoms with Crippen molar-refractivity contribution in [3.63, 3.8) is 0 Å². The summed E-state index contributed by atoms with van der Waals surface area (Å²) in [5.74, 6) is -1.16. The molecule has 19 heavy (non-hydrogen) atoms. The second-order valence-corrected chi connectivity index (χ2v) is 4.84. The van der Waals surface area contributed by atoms with Crippen LogP contribution in [0.25, 0.3) is 0 Å². The number of aliphatic hydroxyl groups is 2. The Hall–Kier alpha value is -1.16. The summed E-state index contributed by atoms with van der Waals surface area (Å²) < 4.78 is 33.4. The fraction of sp³-hybridized carbons (Fsp3) is 0.600. The Morgan fingerprint density at radius 2 is 2.32 bits per heavy atom. The van der Waals surface area contributed by atoms with E-state index in [1.807, 2.05) is 4.98 Å². The van der Waals surface area contributed by atoms with Crippen LogP contribution in [0.4, 0.5) is 8.78 Å². The summed E-state index contributed by atoms with van der Waals surface area (Å²) in [4.78, 5) is 13.0. The minimum Gasteiger partial charge on any atom is -0.394 e. The zero-order valence-corrected chi connectivity index (χ0v) is 10.7. The molecule has 0 spiro atoms. The Kier molecular flexibility index (Phi) is 3.56. The van der Waals surface area contributed by atoms with Crippen molar-refractivity contribution in [1.29, 1.82) is 0 Å². The van der Waals surface area contributed by atoms with E-state index in [2.05, 4.69) is 0 Å². The molecule has 1 fully saturated rings. The lowest BCUT2D eigenvalue weighted by Gasteiger charge is -2.25. The number of hydrogen-bond acceptors (Lipinski definition) is 5. The third-order valence-electron chi connectivity index (χ3n) is 3.07. The van der Waals surface area contributed by atoms with Gasteiger partial charge in [-0.25, -0.2) is 4.39 Å². The van der Waals surface area contributed by atoms with Gasteiger partial charge in [0.1, 0.15) is 12.2 Å². The molecule has 1 aliphatic rings. The molecule has 1 saturated heterocycles. The van der Waals surface area contributed by atoms with Crippen molar-refractivity contribution in [2.75, 3.05) is 6.61 Å². The predicted octanol–water partition coefficient (Wildman–Crippen LogP) is 0.0238. The van der Waals surface area contributed by atoms with Crippen LogP contribution in [0.1, 0.15) is 13.2 Å². The van der Waals surface area contributed by atoms with Crippen LogP contribution in [0.2, 0.25) is 0 Å². The highest BCUT2D eigenvalue weighted by molar-refractivity contribution is 7.71. The summed E-state index contributed by atoms with van der Waals surface area (Å²) in [7, 11) is 0. The van der Waals surface area contributed by atoms with Crippen molar-refractivity contribution in [1.82, 2.24) is 9.55 Å². The largest absolute Gasteiger partial charge is 0.394 e. The van der Waals surface area contributed by atoms with Crippen LogP contribution in [0.3, 0.4) is 0 Å². The lowest BCUT2D eigenvalue weighted by Crippen LogP contribution is -2.41. The van der Waals surface area contributed by atoms with E-state index in [4.69, 9.17) is 22.1 Å². The second kappa shape index (κ2) is 4.75. The predicted molar refractivity (Wildman–Crippen MR) is 62.4 cm³/mol. The molecular weight excluding hydrogens is 282 g/mol. The number of aromatic nitrogens is 2. The van der Waals surface area contributed by atoms with Crippen molar-refractivity contribution in [2.45, 2.75) is 31.0 Å². The van der Waals surface area contributed by atoms with Gasteiger partial charge in [-0.15, -0.1) is 0 Å². The van der Waals surface area contributed by atoms with Gasteiger partial charge >= 0.3 is 0 Å². The van der Waals surface area contributed by atoms with Crippen LogP contribution in [0.5, 0.6) is 0 Å². The first kappa shape index (κ1) is 14.3. The van der Waals surface area contributed by atoms with Gasteiger partial charge in [-0.3, -0.25) is 14.3 Å². The van der Waals surface area contributed by atoms with Crippen LogP contribution in [0, 0.1) is 10.6 Å². The molecule has 1 aromatic heterocycles. The highest BCUT2D eigenvalue weighted by Crippen LogP contribution is 2.41. The molecule has 0 saturated carbocycles. The van der Waals surface area contributed by atoms with E-state index < -0.39 is 42.1 Å². The molecule has 1 aromatic rings. The Morgan fingerprint density at radius 1 is 1.68 bits per heavy atom. The first-order chi connectivity index (χ1) is 8.78. The summed E-state index contributed by atoms with van der Waals surface area (Å²) >= 11 is 4.80. The lowest BCUT2D eigenvalue weighted by molar-refractivity contribution is -0.0606. The highest BCUT2D eigenvalue weighted by atomic mass is 32.1. The van der Waals surface area contributed by atoms with Gasteiger partial charge in [0.2, 0.25) is 5.82 Å². The molecular formula is C10H12F2N2O4S. The summed E-state index contributed by atoms with van der Waals surface area (Å²) in [6, 6.07) is 0. The van der Waals surface area contributed by atoms with Gasteiger partial charge in [-0.05, 0) is 19.1 Å². The molecule has 3 N–H and O–H groups in total. The third-order valence-corrected chi connectivity index (χ3v) is 3.39. The normalized spacial score (nSPS) is 34.7. The molecule has 1 aliphatic heterocycles. The number of ether oxygens (including phenoxy) is 1. The first-order valence-electron chi connectivity index (χ1n) is 5.43. The average molecular weight is 294 g/mol. The molecule has 0 radical (unpaired) electrons. The molecule has 0 amide bonds. The number of nitrogens with one attached hydrogen (secondary N) is 1. The van der Waals surface area contributed by atoms with Crippen molar-refractivity contribution in [2.24, 2.45) is 0 Å².